The maximum Gasteiger partial charge on any atom is 0.0342 e. The second kappa shape index (κ2) is 6.89. The smallest absolute Gasteiger partial charge is 0.0342 e. The molecule has 110 valence electrons. The van der Waals surface area contributed by atoms with Crippen molar-refractivity contribution in [2.45, 2.75) is 74.5 Å². The Morgan fingerprint density at radius 2 is 1.75 bits per heavy atom. The zero-order valence-corrected chi connectivity index (χ0v) is 13.4. The molecule has 2 heteroatoms. The van der Waals surface area contributed by atoms with Gasteiger partial charge in [0.05, 0.1) is 0 Å². The van der Waals surface area contributed by atoms with E-state index in [0.717, 1.165) is 11.2 Å². The summed E-state index contributed by atoms with van der Waals surface area (Å²) in [4.78, 5) is 1.44. The molecule has 1 aromatic carbocycles. The van der Waals surface area contributed by atoms with Gasteiger partial charge in [-0.3, -0.25) is 0 Å². The molecule has 0 spiro atoms. The number of thioether (sulfide) groups is 1. The van der Waals surface area contributed by atoms with E-state index in [-0.39, 0.29) is 0 Å². The number of benzene rings is 1. The SMILES string of the molecule is CC(CC1CCC1)Nc1ccc(SC2CCCC2)cc1. The topological polar surface area (TPSA) is 12.0 Å². The van der Waals surface area contributed by atoms with Gasteiger partial charge in [-0.05, 0) is 56.4 Å². The Balaban J connectivity index is 1.47. The molecular weight excluding hydrogens is 262 g/mol. The Hall–Kier alpha value is -0.630. The molecule has 2 aliphatic carbocycles. The molecule has 0 bridgehead atoms. The van der Waals surface area contributed by atoms with E-state index in [1.54, 1.807) is 0 Å². The summed E-state index contributed by atoms with van der Waals surface area (Å²) in [7, 11) is 0. The lowest BCUT2D eigenvalue weighted by molar-refractivity contribution is 0.286. The molecule has 0 saturated heterocycles. The molecule has 1 nitrogen and oxygen atoms in total. The minimum atomic E-state index is 0.605. The van der Waals surface area contributed by atoms with Gasteiger partial charge in [-0.1, -0.05) is 32.1 Å². The first kappa shape index (κ1) is 14.3. The Morgan fingerprint density at radius 3 is 2.35 bits per heavy atom. The largest absolute Gasteiger partial charge is 0.383 e. The highest BCUT2D eigenvalue weighted by molar-refractivity contribution is 8.00. The molecule has 1 N–H and O–H groups in total. The predicted molar refractivity (Wildman–Crippen MR) is 89.6 cm³/mol. The van der Waals surface area contributed by atoms with E-state index >= 15 is 0 Å². The highest BCUT2D eigenvalue weighted by atomic mass is 32.2. The van der Waals surface area contributed by atoms with E-state index in [0.29, 0.717) is 6.04 Å². The molecule has 1 aromatic rings. The molecular formula is C18H27NS. The Labute approximate surface area is 127 Å². The van der Waals surface area contributed by atoms with Crippen molar-refractivity contribution in [2.75, 3.05) is 5.32 Å². The van der Waals surface area contributed by atoms with E-state index in [2.05, 4.69) is 48.3 Å². The molecule has 1 atom stereocenters. The van der Waals surface area contributed by atoms with Gasteiger partial charge in [0.1, 0.15) is 0 Å². The first-order chi connectivity index (χ1) is 9.79. The molecule has 20 heavy (non-hydrogen) atoms. The molecule has 2 fully saturated rings. The van der Waals surface area contributed by atoms with Crippen molar-refractivity contribution in [3.05, 3.63) is 24.3 Å². The van der Waals surface area contributed by atoms with Crippen LogP contribution in [-0.2, 0) is 0 Å². The van der Waals surface area contributed by atoms with Crippen LogP contribution >= 0.6 is 11.8 Å². The van der Waals surface area contributed by atoms with Crippen molar-refractivity contribution in [2.24, 2.45) is 5.92 Å². The third-order valence-corrected chi connectivity index (χ3v) is 6.13. The zero-order valence-electron chi connectivity index (χ0n) is 12.6. The maximum atomic E-state index is 3.65. The Kier molecular flexibility index (Phi) is 4.93. The summed E-state index contributed by atoms with van der Waals surface area (Å²) in [5.74, 6) is 0.981. The van der Waals surface area contributed by atoms with Crippen LogP contribution in [0, 0.1) is 5.92 Å². The molecule has 1 unspecified atom stereocenters. The van der Waals surface area contributed by atoms with Crippen LogP contribution in [0.5, 0.6) is 0 Å². The third kappa shape index (κ3) is 3.94. The van der Waals surface area contributed by atoms with Gasteiger partial charge in [-0.2, -0.15) is 0 Å². The summed E-state index contributed by atoms with van der Waals surface area (Å²) >= 11 is 2.07. The fourth-order valence-electron chi connectivity index (χ4n) is 3.40. The average Bonchev–Trinajstić information content (AvgIpc) is 2.89. The maximum absolute atomic E-state index is 3.65. The van der Waals surface area contributed by atoms with E-state index in [9.17, 15) is 0 Å². The van der Waals surface area contributed by atoms with Gasteiger partial charge in [0.25, 0.3) is 0 Å². The van der Waals surface area contributed by atoms with E-state index in [1.807, 2.05) is 0 Å². The van der Waals surface area contributed by atoms with Gasteiger partial charge >= 0.3 is 0 Å². The quantitative estimate of drug-likeness (QED) is 0.719. The highest BCUT2D eigenvalue weighted by Gasteiger charge is 2.20. The Morgan fingerprint density at radius 1 is 1.05 bits per heavy atom. The van der Waals surface area contributed by atoms with Crippen LogP contribution < -0.4 is 5.32 Å². The highest BCUT2D eigenvalue weighted by Crippen LogP contribution is 2.35. The summed E-state index contributed by atoms with van der Waals surface area (Å²) in [6.07, 6.45) is 11.3. The molecule has 0 aromatic heterocycles. The van der Waals surface area contributed by atoms with Gasteiger partial charge in [0.2, 0.25) is 0 Å². The number of hydrogen-bond acceptors (Lipinski definition) is 2. The minimum absolute atomic E-state index is 0.605. The first-order valence-electron chi connectivity index (χ1n) is 8.33. The fourth-order valence-corrected chi connectivity index (χ4v) is 4.65. The third-order valence-electron chi connectivity index (χ3n) is 4.78. The van der Waals surface area contributed by atoms with Crippen LogP contribution in [0.4, 0.5) is 5.69 Å². The second-order valence-electron chi connectivity index (χ2n) is 6.63. The van der Waals surface area contributed by atoms with Crippen molar-refractivity contribution < 1.29 is 0 Å². The van der Waals surface area contributed by atoms with Gasteiger partial charge in [-0.25, -0.2) is 0 Å². The standard InChI is InChI=1S/C18H27NS/c1-14(13-15-5-4-6-15)19-16-9-11-18(12-10-16)20-17-7-2-3-8-17/h9-12,14-15,17,19H,2-8,13H2,1H3. The summed E-state index contributed by atoms with van der Waals surface area (Å²) in [6.45, 7) is 2.32. The van der Waals surface area contributed by atoms with Crippen molar-refractivity contribution in [1.82, 2.24) is 0 Å². The van der Waals surface area contributed by atoms with E-state index < -0.39 is 0 Å². The van der Waals surface area contributed by atoms with E-state index in [4.69, 9.17) is 0 Å². The van der Waals surface area contributed by atoms with Crippen molar-refractivity contribution in [3.8, 4) is 0 Å². The van der Waals surface area contributed by atoms with Crippen LogP contribution in [0.1, 0.15) is 58.3 Å². The zero-order chi connectivity index (χ0) is 13.8. The number of anilines is 1. The molecule has 0 heterocycles. The van der Waals surface area contributed by atoms with Gasteiger partial charge in [0, 0.05) is 21.9 Å². The number of hydrogen-bond donors (Lipinski definition) is 1. The lowest BCUT2D eigenvalue weighted by atomic mass is 9.81. The predicted octanol–water partition coefficient (Wildman–Crippen LogP) is 5.71. The van der Waals surface area contributed by atoms with Crippen LogP contribution in [0.15, 0.2) is 29.2 Å². The monoisotopic (exact) mass is 289 g/mol. The van der Waals surface area contributed by atoms with Crippen LogP contribution in [0.25, 0.3) is 0 Å². The lowest BCUT2D eigenvalue weighted by Gasteiger charge is -2.29. The lowest BCUT2D eigenvalue weighted by Crippen LogP contribution is -2.23. The first-order valence-corrected chi connectivity index (χ1v) is 9.21. The minimum Gasteiger partial charge on any atom is -0.383 e. The van der Waals surface area contributed by atoms with E-state index in [1.165, 1.54) is 61.9 Å². The van der Waals surface area contributed by atoms with Gasteiger partial charge in [-0.15, -0.1) is 11.8 Å². The van der Waals surface area contributed by atoms with Crippen molar-refractivity contribution in [3.63, 3.8) is 0 Å². The van der Waals surface area contributed by atoms with Crippen molar-refractivity contribution in [1.29, 1.82) is 0 Å². The summed E-state index contributed by atoms with van der Waals surface area (Å²) in [6, 6.07) is 9.71. The number of rotatable bonds is 6. The molecule has 2 aliphatic rings. The van der Waals surface area contributed by atoms with Crippen LogP contribution in [0.3, 0.4) is 0 Å². The molecule has 0 amide bonds. The second-order valence-corrected chi connectivity index (χ2v) is 8.00. The number of nitrogens with one attached hydrogen (secondary N) is 1. The summed E-state index contributed by atoms with van der Waals surface area (Å²) in [5.41, 5.74) is 1.28. The van der Waals surface area contributed by atoms with Crippen LogP contribution in [-0.4, -0.2) is 11.3 Å². The molecule has 2 saturated carbocycles. The normalized spacial score (nSPS) is 21.6. The average molecular weight is 289 g/mol. The summed E-state index contributed by atoms with van der Waals surface area (Å²) in [5, 5.41) is 4.52. The molecule has 0 aliphatic heterocycles. The Bertz CT molecular complexity index is 404. The van der Waals surface area contributed by atoms with Gasteiger partial charge < -0.3 is 5.32 Å². The van der Waals surface area contributed by atoms with Crippen LogP contribution in [0.2, 0.25) is 0 Å². The molecule has 3 rings (SSSR count). The van der Waals surface area contributed by atoms with Gasteiger partial charge in [0.15, 0.2) is 0 Å². The fraction of sp³-hybridized carbons (Fsp3) is 0.667. The summed E-state index contributed by atoms with van der Waals surface area (Å²) < 4.78 is 0. The molecule has 0 radical (unpaired) electrons. The van der Waals surface area contributed by atoms with Crippen molar-refractivity contribution >= 4 is 17.4 Å².